The van der Waals surface area contributed by atoms with Gasteiger partial charge in [0.05, 0.1) is 5.69 Å². The summed E-state index contributed by atoms with van der Waals surface area (Å²) in [4.78, 5) is 40.7. The van der Waals surface area contributed by atoms with Crippen molar-refractivity contribution >= 4 is 11.7 Å². The maximum atomic E-state index is 12.5. The largest absolute Gasteiger partial charge is 0.353 e. The lowest BCUT2D eigenvalue weighted by Crippen LogP contribution is -2.50. The van der Waals surface area contributed by atoms with E-state index >= 15 is 0 Å². The average Bonchev–Trinajstić information content (AvgIpc) is 3.26. The van der Waals surface area contributed by atoms with Gasteiger partial charge in [0.2, 0.25) is 5.91 Å². The molecule has 0 spiro atoms. The molecule has 0 saturated carbocycles. The highest BCUT2D eigenvalue weighted by Gasteiger charge is 2.23. The van der Waals surface area contributed by atoms with Crippen LogP contribution in [0, 0.1) is 6.92 Å². The minimum atomic E-state index is -0.279. The van der Waals surface area contributed by atoms with Gasteiger partial charge in [-0.15, -0.1) is 0 Å². The molecule has 0 bridgehead atoms. The van der Waals surface area contributed by atoms with Crippen molar-refractivity contribution in [3.05, 3.63) is 53.2 Å². The molecule has 3 aromatic heterocycles. The second-order valence-electron chi connectivity index (χ2n) is 6.41. The normalized spacial score (nSPS) is 14.3. The summed E-state index contributed by atoms with van der Waals surface area (Å²) in [5, 5.41) is 8.19. The van der Waals surface area contributed by atoms with E-state index in [1.807, 2.05) is 6.07 Å². The van der Waals surface area contributed by atoms with Crippen LogP contribution in [0.15, 0.2) is 42.0 Å². The predicted molar refractivity (Wildman–Crippen MR) is 99.0 cm³/mol. The van der Waals surface area contributed by atoms with Gasteiger partial charge in [-0.2, -0.15) is 10.2 Å². The third-order valence-corrected chi connectivity index (χ3v) is 4.53. The summed E-state index contributed by atoms with van der Waals surface area (Å²) >= 11 is 0. The zero-order valence-corrected chi connectivity index (χ0v) is 15.3. The Morgan fingerprint density at radius 2 is 1.86 bits per heavy atom. The molecule has 1 aliphatic heterocycles. The van der Waals surface area contributed by atoms with E-state index < -0.39 is 0 Å². The zero-order valence-electron chi connectivity index (χ0n) is 15.3. The minimum absolute atomic E-state index is 0.0511. The molecule has 1 aliphatic rings. The Bertz CT molecular complexity index is 1020. The van der Waals surface area contributed by atoms with E-state index in [-0.39, 0.29) is 18.0 Å². The summed E-state index contributed by atoms with van der Waals surface area (Å²) in [6, 6.07) is 4.90. The first-order valence-electron chi connectivity index (χ1n) is 8.85. The molecule has 1 fully saturated rings. The van der Waals surface area contributed by atoms with Gasteiger partial charge in [-0.3, -0.25) is 9.59 Å². The summed E-state index contributed by atoms with van der Waals surface area (Å²) in [7, 11) is 0. The fourth-order valence-electron chi connectivity index (χ4n) is 3.04. The Labute approximate surface area is 160 Å². The monoisotopic (exact) mass is 381 g/mol. The van der Waals surface area contributed by atoms with E-state index in [2.05, 4.69) is 30.0 Å². The molecule has 11 heteroatoms. The molecule has 3 aromatic rings. The average molecular weight is 381 g/mol. The third-order valence-electron chi connectivity index (χ3n) is 4.53. The molecule has 4 heterocycles. The van der Waals surface area contributed by atoms with Gasteiger partial charge in [0.15, 0.2) is 5.82 Å². The number of carbonyl (C=O) groups is 1. The van der Waals surface area contributed by atoms with Crippen molar-refractivity contribution in [1.82, 2.24) is 39.4 Å². The Hall–Kier alpha value is -3.63. The molecule has 0 aliphatic carbocycles. The number of hydrogen-bond donors (Lipinski definition) is 0. The molecule has 0 N–H and O–H groups in total. The highest BCUT2D eigenvalue weighted by molar-refractivity contribution is 5.76. The number of carbonyl (C=O) groups excluding carboxylic acids is 1. The first-order valence-corrected chi connectivity index (χ1v) is 8.85. The van der Waals surface area contributed by atoms with Crippen molar-refractivity contribution in [2.24, 2.45) is 0 Å². The first-order chi connectivity index (χ1) is 13.6. The van der Waals surface area contributed by atoms with Crippen molar-refractivity contribution in [3.8, 4) is 5.82 Å². The lowest BCUT2D eigenvalue weighted by molar-refractivity contribution is -0.132. The standard InChI is InChI=1S/C17H19N9O2/c1-13-2-3-16(27)25(22-13)9-17(28)24-6-4-23(5-7-24)14-8-15(20-11-19-14)26-12-18-10-21-26/h2-3,8,10-12H,4-7,9H2,1H3. The molecule has 0 unspecified atom stereocenters. The minimum Gasteiger partial charge on any atom is -0.353 e. The maximum absolute atomic E-state index is 12.5. The van der Waals surface area contributed by atoms with Crippen LogP contribution in [0.1, 0.15) is 5.69 Å². The van der Waals surface area contributed by atoms with Gasteiger partial charge in [0.25, 0.3) is 5.56 Å². The van der Waals surface area contributed by atoms with Crippen LogP contribution in [0.2, 0.25) is 0 Å². The topological polar surface area (TPSA) is 115 Å². The molecule has 4 rings (SSSR count). The fraction of sp³-hybridized carbons (Fsp3) is 0.353. The molecule has 11 nitrogen and oxygen atoms in total. The zero-order chi connectivity index (χ0) is 19.5. The van der Waals surface area contributed by atoms with E-state index in [0.29, 0.717) is 37.7 Å². The Kier molecular flexibility index (Phi) is 4.79. The van der Waals surface area contributed by atoms with Crippen LogP contribution in [0.5, 0.6) is 0 Å². The number of amides is 1. The van der Waals surface area contributed by atoms with E-state index in [4.69, 9.17) is 0 Å². The Balaban J connectivity index is 1.39. The summed E-state index contributed by atoms with van der Waals surface area (Å²) in [6.45, 7) is 4.09. The lowest BCUT2D eigenvalue weighted by Gasteiger charge is -2.35. The molecule has 1 saturated heterocycles. The molecular formula is C17H19N9O2. The van der Waals surface area contributed by atoms with Gasteiger partial charge in [-0.1, -0.05) is 0 Å². The summed E-state index contributed by atoms with van der Waals surface area (Å²) in [5.74, 6) is 1.28. The quantitative estimate of drug-likeness (QED) is 0.581. The number of nitrogens with zero attached hydrogens (tertiary/aromatic N) is 9. The SMILES string of the molecule is Cc1ccc(=O)n(CC(=O)N2CCN(c3cc(-n4cncn4)ncn3)CC2)n1. The molecule has 144 valence electrons. The van der Waals surface area contributed by atoms with Crippen LogP contribution >= 0.6 is 0 Å². The number of aromatic nitrogens is 7. The number of aryl methyl sites for hydroxylation is 1. The van der Waals surface area contributed by atoms with Crippen molar-refractivity contribution in [3.63, 3.8) is 0 Å². The van der Waals surface area contributed by atoms with Gasteiger partial charge in [0, 0.05) is 38.3 Å². The Morgan fingerprint density at radius 3 is 2.61 bits per heavy atom. The number of anilines is 1. The van der Waals surface area contributed by atoms with Gasteiger partial charge in [-0.25, -0.2) is 24.3 Å². The third kappa shape index (κ3) is 3.72. The van der Waals surface area contributed by atoms with E-state index in [1.54, 1.807) is 28.9 Å². The molecule has 0 atom stereocenters. The van der Waals surface area contributed by atoms with Gasteiger partial charge < -0.3 is 9.80 Å². The predicted octanol–water partition coefficient (Wildman–Crippen LogP) is -0.729. The number of hydrogen-bond acceptors (Lipinski definition) is 8. The second-order valence-corrected chi connectivity index (χ2v) is 6.41. The molecular weight excluding hydrogens is 362 g/mol. The summed E-state index contributed by atoms with van der Waals surface area (Å²) in [6.07, 6.45) is 4.50. The fourth-order valence-corrected chi connectivity index (χ4v) is 3.04. The second kappa shape index (κ2) is 7.55. The van der Waals surface area contributed by atoms with E-state index in [0.717, 1.165) is 5.82 Å². The van der Waals surface area contributed by atoms with Crippen LogP contribution in [-0.2, 0) is 11.3 Å². The van der Waals surface area contributed by atoms with Crippen LogP contribution in [0.25, 0.3) is 5.82 Å². The number of piperazine rings is 1. The molecule has 1 amide bonds. The molecule has 0 aromatic carbocycles. The first kappa shape index (κ1) is 17.8. The smallest absolute Gasteiger partial charge is 0.267 e. The lowest BCUT2D eigenvalue weighted by atomic mass is 10.3. The number of rotatable bonds is 4. The van der Waals surface area contributed by atoms with Crippen LogP contribution < -0.4 is 10.5 Å². The van der Waals surface area contributed by atoms with Crippen LogP contribution in [-0.4, -0.2) is 71.5 Å². The maximum Gasteiger partial charge on any atom is 0.267 e. The van der Waals surface area contributed by atoms with Gasteiger partial charge in [-0.05, 0) is 13.0 Å². The highest BCUT2D eigenvalue weighted by atomic mass is 16.2. The van der Waals surface area contributed by atoms with Crippen molar-refractivity contribution in [2.75, 3.05) is 31.1 Å². The van der Waals surface area contributed by atoms with Crippen molar-refractivity contribution in [2.45, 2.75) is 13.5 Å². The van der Waals surface area contributed by atoms with Crippen LogP contribution in [0.4, 0.5) is 5.82 Å². The van der Waals surface area contributed by atoms with Crippen LogP contribution in [0.3, 0.4) is 0 Å². The van der Waals surface area contributed by atoms with Gasteiger partial charge >= 0.3 is 0 Å². The summed E-state index contributed by atoms with van der Waals surface area (Å²) < 4.78 is 2.77. The highest BCUT2D eigenvalue weighted by Crippen LogP contribution is 2.15. The van der Waals surface area contributed by atoms with E-state index in [9.17, 15) is 9.59 Å². The van der Waals surface area contributed by atoms with Crippen molar-refractivity contribution < 1.29 is 4.79 Å². The molecule has 0 radical (unpaired) electrons. The van der Waals surface area contributed by atoms with Crippen molar-refractivity contribution in [1.29, 1.82) is 0 Å². The summed E-state index contributed by atoms with van der Waals surface area (Å²) in [5.41, 5.74) is 0.420. The van der Waals surface area contributed by atoms with Gasteiger partial charge in [0.1, 0.15) is 31.3 Å². The van der Waals surface area contributed by atoms with E-state index in [1.165, 1.54) is 23.4 Å². The molecule has 28 heavy (non-hydrogen) atoms. The Morgan fingerprint density at radius 1 is 1.07 bits per heavy atom.